The van der Waals surface area contributed by atoms with Crippen LogP contribution < -0.4 is 0 Å². The van der Waals surface area contributed by atoms with Gasteiger partial charge in [0.05, 0.1) is 24.4 Å². The molecule has 2 aromatic carbocycles. The Morgan fingerprint density at radius 1 is 0.500 bits per heavy atom. The molecule has 0 heterocycles. The summed E-state index contributed by atoms with van der Waals surface area (Å²) in [7, 11) is 0. The molecular formula is C32H48O6. The lowest BCUT2D eigenvalue weighted by Gasteiger charge is -2.24. The number of hydrogen-bond donors (Lipinski definition) is 0. The standard InChI is InChI=1S/2C16H24O3/c2*1-5-12(3)18-16(19-13(4)6-2)15(17)14-10-8-7-9-11-14/h2*7-13,16H,5-6H2,1-4H3. The minimum absolute atomic E-state index is 0.00159. The summed E-state index contributed by atoms with van der Waals surface area (Å²) in [5, 5.41) is 0. The van der Waals surface area contributed by atoms with Gasteiger partial charge in [0.1, 0.15) is 0 Å². The van der Waals surface area contributed by atoms with E-state index in [2.05, 4.69) is 0 Å². The molecule has 0 spiro atoms. The molecule has 6 heteroatoms. The highest BCUT2D eigenvalue weighted by Gasteiger charge is 2.26. The van der Waals surface area contributed by atoms with Crippen LogP contribution in [-0.2, 0) is 18.9 Å². The van der Waals surface area contributed by atoms with E-state index in [0.717, 1.165) is 25.7 Å². The van der Waals surface area contributed by atoms with Crippen LogP contribution in [0.3, 0.4) is 0 Å². The van der Waals surface area contributed by atoms with Crippen molar-refractivity contribution in [2.75, 3.05) is 0 Å². The Labute approximate surface area is 230 Å². The van der Waals surface area contributed by atoms with E-state index in [9.17, 15) is 9.59 Å². The second-order valence-corrected chi connectivity index (χ2v) is 9.54. The van der Waals surface area contributed by atoms with Gasteiger partial charge in [0.25, 0.3) is 0 Å². The second-order valence-electron chi connectivity index (χ2n) is 9.54. The fourth-order valence-corrected chi connectivity index (χ4v) is 3.02. The Morgan fingerprint density at radius 2 is 0.737 bits per heavy atom. The van der Waals surface area contributed by atoms with E-state index >= 15 is 0 Å². The van der Waals surface area contributed by atoms with Gasteiger partial charge in [-0.1, -0.05) is 88.4 Å². The van der Waals surface area contributed by atoms with Crippen LogP contribution in [0.4, 0.5) is 0 Å². The number of rotatable bonds is 16. The summed E-state index contributed by atoms with van der Waals surface area (Å²) >= 11 is 0. The number of hydrogen-bond acceptors (Lipinski definition) is 6. The highest BCUT2D eigenvalue weighted by Crippen LogP contribution is 2.15. The first kappa shape index (κ1) is 33.6. The van der Waals surface area contributed by atoms with Gasteiger partial charge in [-0.15, -0.1) is 0 Å². The normalized spacial score (nSPS) is 15.8. The number of benzene rings is 2. The van der Waals surface area contributed by atoms with Crippen LogP contribution in [-0.4, -0.2) is 48.6 Å². The van der Waals surface area contributed by atoms with Crippen molar-refractivity contribution in [3.63, 3.8) is 0 Å². The first-order chi connectivity index (χ1) is 18.2. The highest BCUT2D eigenvalue weighted by atomic mass is 16.7. The van der Waals surface area contributed by atoms with Crippen molar-refractivity contribution in [1.29, 1.82) is 0 Å². The van der Waals surface area contributed by atoms with E-state index in [1.165, 1.54) is 0 Å². The number of carbonyl (C=O) groups excluding carboxylic acids is 2. The quantitative estimate of drug-likeness (QED) is 0.165. The molecule has 38 heavy (non-hydrogen) atoms. The van der Waals surface area contributed by atoms with Crippen LogP contribution in [0, 0.1) is 0 Å². The van der Waals surface area contributed by atoms with Gasteiger partial charge < -0.3 is 18.9 Å². The molecule has 2 rings (SSSR count). The van der Waals surface area contributed by atoms with E-state index < -0.39 is 12.6 Å². The Balaban J connectivity index is 0.000000380. The van der Waals surface area contributed by atoms with E-state index in [0.29, 0.717) is 11.1 Å². The van der Waals surface area contributed by atoms with Crippen molar-refractivity contribution in [3.8, 4) is 0 Å². The Kier molecular flexibility index (Phi) is 16.6. The first-order valence-corrected chi connectivity index (χ1v) is 14.0. The average Bonchev–Trinajstić information content (AvgIpc) is 2.96. The Hall–Kier alpha value is -2.38. The molecule has 0 radical (unpaired) electrons. The molecule has 0 amide bonds. The van der Waals surface area contributed by atoms with Gasteiger partial charge in [0, 0.05) is 11.1 Å². The van der Waals surface area contributed by atoms with Gasteiger partial charge >= 0.3 is 0 Å². The van der Waals surface area contributed by atoms with Gasteiger partial charge in [-0.3, -0.25) is 9.59 Å². The third-order valence-corrected chi connectivity index (χ3v) is 6.27. The summed E-state index contributed by atoms with van der Waals surface area (Å²) in [6.07, 6.45) is 1.78. The maximum absolute atomic E-state index is 12.4. The zero-order valence-corrected chi connectivity index (χ0v) is 24.5. The molecule has 4 atom stereocenters. The number of ketones is 2. The maximum Gasteiger partial charge on any atom is 0.223 e. The summed E-state index contributed by atoms with van der Waals surface area (Å²) in [5.74, 6) is -0.220. The molecule has 4 unspecified atom stereocenters. The summed E-state index contributed by atoms with van der Waals surface area (Å²) < 4.78 is 22.9. The van der Waals surface area contributed by atoms with Crippen LogP contribution in [0.15, 0.2) is 60.7 Å². The molecule has 0 aliphatic rings. The number of carbonyl (C=O) groups is 2. The molecule has 0 saturated carbocycles. The van der Waals surface area contributed by atoms with Crippen molar-refractivity contribution < 1.29 is 28.5 Å². The second kappa shape index (κ2) is 18.8. The predicted molar refractivity (Wildman–Crippen MR) is 152 cm³/mol. The molecule has 0 aliphatic carbocycles. The molecule has 212 valence electrons. The van der Waals surface area contributed by atoms with Gasteiger partial charge in [-0.2, -0.15) is 0 Å². The molecule has 0 fully saturated rings. The van der Waals surface area contributed by atoms with E-state index in [1.807, 2.05) is 91.8 Å². The summed E-state index contributed by atoms with van der Waals surface area (Å²) in [6, 6.07) is 18.3. The molecule has 0 saturated heterocycles. The summed E-state index contributed by atoms with van der Waals surface area (Å²) in [5.41, 5.74) is 1.25. The zero-order chi connectivity index (χ0) is 28.5. The van der Waals surface area contributed by atoms with Crippen molar-refractivity contribution in [1.82, 2.24) is 0 Å². The van der Waals surface area contributed by atoms with Crippen LogP contribution in [0.1, 0.15) is 102 Å². The van der Waals surface area contributed by atoms with Crippen LogP contribution in [0.25, 0.3) is 0 Å². The van der Waals surface area contributed by atoms with Crippen molar-refractivity contribution in [3.05, 3.63) is 71.8 Å². The maximum atomic E-state index is 12.4. The Bertz CT molecular complexity index is 801. The van der Waals surface area contributed by atoms with E-state index in [1.54, 1.807) is 24.3 Å². The fraction of sp³-hybridized carbons (Fsp3) is 0.562. The summed E-state index contributed by atoms with van der Waals surface area (Å²) in [6.45, 7) is 15.9. The number of Topliss-reactive ketones (excluding diaryl/α,β-unsaturated/α-hetero) is 2. The van der Waals surface area contributed by atoms with E-state index in [-0.39, 0.29) is 36.0 Å². The van der Waals surface area contributed by atoms with Gasteiger partial charge in [0.2, 0.25) is 24.1 Å². The predicted octanol–water partition coefficient (Wildman–Crippen LogP) is 7.65. The van der Waals surface area contributed by atoms with Crippen molar-refractivity contribution in [2.45, 2.75) is 118 Å². The molecule has 2 aromatic rings. The smallest absolute Gasteiger partial charge is 0.223 e. The van der Waals surface area contributed by atoms with E-state index in [4.69, 9.17) is 18.9 Å². The third-order valence-electron chi connectivity index (χ3n) is 6.27. The molecule has 0 N–H and O–H groups in total. The average molecular weight is 529 g/mol. The summed E-state index contributed by atoms with van der Waals surface area (Å²) in [4.78, 5) is 24.8. The lowest BCUT2D eigenvalue weighted by Crippen LogP contribution is -2.33. The third kappa shape index (κ3) is 12.4. The van der Waals surface area contributed by atoms with Crippen LogP contribution in [0.2, 0.25) is 0 Å². The molecule has 6 nitrogen and oxygen atoms in total. The first-order valence-electron chi connectivity index (χ1n) is 14.0. The lowest BCUT2D eigenvalue weighted by atomic mass is 10.1. The SMILES string of the molecule is CCC(C)OC(OC(C)CC)C(=O)c1ccccc1.CCC(C)OC(OC(C)CC)C(=O)c1ccccc1. The highest BCUT2D eigenvalue weighted by molar-refractivity contribution is 5.99. The van der Waals surface area contributed by atoms with Gasteiger partial charge in [-0.25, -0.2) is 0 Å². The Morgan fingerprint density at radius 3 is 0.947 bits per heavy atom. The molecule has 0 aromatic heterocycles. The minimum Gasteiger partial charge on any atom is -0.343 e. The molecular weight excluding hydrogens is 480 g/mol. The van der Waals surface area contributed by atoms with Crippen LogP contribution >= 0.6 is 0 Å². The zero-order valence-electron chi connectivity index (χ0n) is 24.5. The fourth-order valence-electron chi connectivity index (χ4n) is 3.02. The van der Waals surface area contributed by atoms with Crippen molar-refractivity contribution in [2.24, 2.45) is 0 Å². The number of ether oxygens (including phenoxy) is 4. The topological polar surface area (TPSA) is 71.1 Å². The molecule has 0 aliphatic heterocycles. The molecule has 0 bridgehead atoms. The van der Waals surface area contributed by atoms with Crippen molar-refractivity contribution >= 4 is 11.6 Å². The largest absolute Gasteiger partial charge is 0.343 e. The monoisotopic (exact) mass is 528 g/mol. The van der Waals surface area contributed by atoms with Gasteiger partial charge in [0.15, 0.2) is 0 Å². The van der Waals surface area contributed by atoms with Gasteiger partial charge in [-0.05, 0) is 53.4 Å². The minimum atomic E-state index is -0.813. The van der Waals surface area contributed by atoms with Crippen LogP contribution in [0.5, 0.6) is 0 Å². The lowest BCUT2D eigenvalue weighted by molar-refractivity contribution is -0.161.